The van der Waals surface area contributed by atoms with Crippen molar-refractivity contribution in [1.82, 2.24) is 9.88 Å². The molecule has 1 aromatic heterocycles. The summed E-state index contributed by atoms with van der Waals surface area (Å²) in [5.41, 5.74) is 6.48. The Balaban J connectivity index is 1.41. The number of carbonyl (C=O) groups excluding carboxylic acids is 2. The molecule has 2 heterocycles. The summed E-state index contributed by atoms with van der Waals surface area (Å²) in [6.07, 6.45) is 1.61. The lowest BCUT2D eigenvalue weighted by molar-refractivity contribution is -0.122. The Morgan fingerprint density at radius 1 is 0.950 bits per heavy atom. The largest absolute Gasteiger partial charge is 0.489 e. The van der Waals surface area contributed by atoms with Gasteiger partial charge >= 0.3 is 0 Å². The molecule has 0 aliphatic carbocycles. The van der Waals surface area contributed by atoms with Gasteiger partial charge in [-0.15, -0.1) is 0 Å². The fourth-order valence-electron chi connectivity index (χ4n) is 4.89. The van der Waals surface area contributed by atoms with Gasteiger partial charge in [0.2, 0.25) is 0 Å². The van der Waals surface area contributed by atoms with Gasteiger partial charge < -0.3 is 9.30 Å². The topological polar surface area (TPSA) is 63.6 Å². The van der Waals surface area contributed by atoms with Gasteiger partial charge in [0, 0.05) is 22.6 Å². The molecular formula is C32H28FN3O3S. The van der Waals surface area contributed by atoms with Crippen molar-refractivity contribution in [1.29, 1.82) is 0 Å². The quantitative estimate of drug-likeness (QED) is 0.174. The molecule has 1 aliphatic rings. The fraction of sp³-hybridized carbons (Fsp3) is 0.156. The lowest BCUT2D eigenvalue weighted by Crippen LogP contribution is -2.54. The Bertz CT molecular complexity index is 1690. The first-order chi connectivity index (χ1) is 19.1. The lowest BCUT2D eigenvalue weighted by atomic mass is 10.0. The van der Waals surface area contributed by atoms with E-state index in [1.54, 1.807) is 24.3 Å². The summed E-state index contributed by atoms with van der Waals surface area (Å²) in [5.74, 6) is -0.689. The van der Waals surface area contributed by atoms with Crippen LogP contribution in [0.2, 0.25) is 0 Å². The highest BCUT2D eigenvalue weighted by molar-refractivity contribution is 7.80. The van der Waals surface area contributed by atoms with Crippen LogP contribution in [0.25, 0.3) is 11.8 Å². The molecule has 1 aliphatic heterocycles. The smallest absolute Gasteiger partial charge is 0.270 e. The van der Waals surface area contributed by atoms with Crippen molar-refractivity contribution in [2.24, 2.45) is 0 Å². The third-order valence-electron chi connectivity index (χ3n) is 6.91. The standard InChI is InChI=1S/C32H28FN3O3S/c1-19-9-14-29(20(2)15-19)36-31(38)27(30(37)34-32(36)40)17-24-16-21(3)35(22(24)4)25-10-12-26(13-11-25)39-18-23-7-5-6-8-28(23)33/h5-17H,18H2,1-4H3,(H,34,37,40)/b27-17+. The van der Waals surface area contributed by atoms with E-state index in [-0.39, 0.29) is 23.1 Å². The highest BCUT2D eigenvalue weighted by atomic mass is 32.1. The molecule has 40 heavy (non-hydrogen) atoms. The average Bonchev–Trinajstić information content (AvgIpc) is 3.19. The Hall–Kier alpha value is -4.56. The Morgan fingerprint density at radius 3 is 2.38 bits per heavy atom. The van der Waals surface area contributed by atoms with E-state index in [0.29, 0.717) is 17.0 Å². The number of halogens is 1. The monoisotopic (exact) mass is 553 g/mol. The molecule has 4 aromatic rings. The van der Waals surface area contributed by atoms with Crippen LogP contribution in [0.4, 0.5) is 10.1 Å². The van der Waals surface area contributed by atoms with Crippen molar-refractivity contribution in [2.75, 3.05) is 4.90 Å². The summed E-state index contributed by atoms with van der Waals surface area (Å²) in [6, 6.07) is 21.6. The van der Waals surface area contributed by atoms with Crippen molar-refractivity contribution >= 4 is 40.9 Å². The number of carbonyl (C=O) groups is 2. The predicted octanol–water partition coefficient (Wildman–Crippen LogP) is 6.26. The summed E-state index contributed by atoms with van der Waals surface area (Å²) in [7, 11) is 0. The van der Waals surface area contributed by atoms with Gasteiger partial charge in [-0.25, -0.2) is 4.39 Å². The van der Waals surface area contributed by atoms with Gasteiger partial charge in [0.05, 0.1) is 5.69 Å². The Morgan fingerprint density at radius 2 is 1.68 bits per heavy atom. The molecule has 6 nitrogen and oxygen atoms in total. The van der Waals surface area contributed by atoms with E-state index in [2.05, 4.69) is 5.32 Å². The van der Waals surface area contributed by atoms with Crippen LogP contribution in [0.3, 0.4) is 0 Å². The fourth-order valence-corrected chi connectivity index (χ4v) is 5.16. The molecule has 8 heteroatoms. The predicted molar refractivity (Wildman–Crippen MR) is 158 cm³/mol. The van der Waals surface area contributed by atoms with E-state index in [4.69, 9.17) is 17.0 Å². The second kappa shape index (κ2) is 10.9. The molecule has 0 atom stereocenters. The van der Waals surface area contributed by atoms with Crippen molar-refractivity contribution < 1.29 is 18.7 Å². The second-order valence-electron chi connectivity index (χ2n) is 9.78. The van der Waals surface area contributed by atoms with Gasteiger partial charge in [-0.05, 0) is 99.6 Å². The molecule has 202 valence electrons. The highest BCUT2D eigenvalue weighted by Crippen LogP contribution is 2.29. The number of aryl methyl sites for hydroxylation is 3. The maximum Gasteiger partial charge on any atom is 0.270 e. The zero-order valence-corrected chi connectivity index (χ0v) is 23.4. The molecule has 3 aromatic carbocycles. The van der Waals surface area contributed by atoms with Crippen LogP contribution in [0.5, 0.6) is 5.75 Å². The van der Waals surface area contributed by atoms with Crippen molar-refractivity contribution in [3.8, 4) is 11.4 Å². The summed E-state index contributed by atoms with van der Waals surface area (Å²) in [6.45, 7) is 7.89. The van der Waals surface area contributed by atoms with Crippen molar-refractivity contribution in [3.63, 3.8) is 0 Å². The van der Waals surface area contributed by atoms with Crippen LogP contribution in [-0.2, 0) is 16.2 Å². The number of hydrogen-bond donors (Lipinski definition) is 1. The zero-order valence-electron chi connectivity index (χ0n) is 22.6. The third kappa shape index (κ3) is 5.18. The first kappa shape index (κ1) is 27.0. The minimum absolute atomic E-state index is 0.00529. The van der Waals surface area contributed by atoms with Gasteiger partial charge in [-0.3, -0.25) is 19.8 Å². The molecule has 5 rings (SSSR count). The van der Waals surface area contributed by atoms with Gasteiger partial charge in [0.15, 0.2) is 5.11 Å². The molecule has 0 spiro atoms. The van der Waals surface area contributed by atoms with Crippen molar-refractivity contribution in [3.05, 3.63) is 118 Å². The van der Waals surface area contributed by atoms with Gasteiger partial charge in [0.25, 0.3) is 11.8 Å². The number of nitrogens with one attached hydrogen (secondary N) is 1. The number of anilines is 1. The molecule has 1 saturated heterocycles. The molecule has 0 saturated carbocycles. The molecule has 1 fully saturated rings. The normalized spacial score (nSPS) is 14.6. The number of hydrogen-bond acceptors (Lipinski definition) is 4. The molecule has 1 N–H and O–H groups in total. The van der Waals surface area contributed by atoms with E-state index in [9.17, 15) is 14.0 Å². The highest BCUT2D eigenvalue weighted by Gasteiger charge is 2.35. The first-order valence-electron chi connectivity index (χ1n) is 12.8. The Labute approximate surface area is 237 Å². The minimum Gasteiger partial charge on any atom is -0.489 e. The van der Waals surface area contributed by atoms with Crippen LogP contribution in [0, 0.1) is 33.5 Å². The number of ether oxygens (including phenoxy) is 1. The molecular weight excluding hydrogens is 525 g/mol. The molecule has 0 unspecified atom stereocenters. The first-order valence-corrected chi connectivity index (χ1v) is 13.2. The zero-order chi connectivity index (χ0) is 28.6. The number of rotatable bonds is 6. The number of aromatic nitrogens is 1. The lowest BCUT2D eigenvalue weighted by Gasteiger charge is -2.30. The van der Waals surface area contributed by atoms with E-state index in [1.165, 1.54) is 11.0 Å². The van der Waals surface area contributed by atoms with Crippen molar-refractivity contribution in [2.45, 2.75) is 34.3 Å². The van der Waals surface area contributed by atoms with Crippen LogP contribution < -0.4 is 15.0 Å². The van der Waals surface area contributed by atoms with Crippen LogP contribution >= 0.6 is 12.2 Å². The van der Waals surface area contributed by atoms with Gasteiger partial charge in [-0.2, -0.15) is 0 Å². The van der Waals surface area contributed by atoms with Gasteiger partial charge in [0.1, 0.15) is 23.7 Å². The van der Waals surface area contributed by atoms with E-state index < -0.39 is 11.8 Å². The number of nitrogens with zero attached hydrogens (tertiary/aromatic N) is 2. The average molecular weight is 554 g/mol. The third-order valence-corrected chi connectivity index (χ3v) is 7.20. The van der Waals surface area contributed by atoms with E-state index >= 15 is 0 Å². The van der Waals surface area contributed by atoms with Crippen LogP contribution in [-0.4, -0.2) is 21.5 Å². The molecule has 2 amide bonds. The maximum atomic E-state index is 13.9. The SMILES string of the molecule is Cc1ccc(N2C(=O)/C(=C/c3cc(C)n(-c4ccc(OCc5ccccc5F)cc4)c3C)C(=O)NC2=S)c(C)c1. The molecule has 0 radical (unpaired) electrons. The van der Waals surface area contributed by atoms with Gasteiger partial charge in [-0.1, -0.05) is 35.9 Å². The number of amides is 2. The maximum absolute atomic E-state index is 13.9. The Kier molecular flexibility index (Phi) is 7.36. The van der Waals surface area contributed by atoms with E-state index in [0.717, 1.165) is 33.8 Å². The van der Waals surface area contributed by atoms with E-state index in [1.807, 2.05) is 80.8 Å². The summed E-state index contributed by atoms with van der Waals surface area (Å²) < 4.78 is 21.7. The number of thiocarbonyl (C=S) groups is 1. The van der Waals surface area contributed by atoms with Crippen LogP contribution in [0.1, 0.15) is 33.6 Å². The van der Waals surface area contributed by atoms with Crippen LogP contribution in [0.15, 0.2) is 78.4 Å². The molecule has 0 bridgehead atoms. The second-order valence-corrected chi connectivity index (χ2v) is 10.2. The summed E-state index contributed by atoms with van der Waals surface area (Å²) >= 11 is 5.36. The summed E-state index contributed by atoms with van der Waals surface area (Å²) in [4.78, 5) is 27.8. The number of benzene rings is 3. The summed E-state index contributed by atoms with van der Waals surface area (Å²) in [5, 5.41) is 2.72. The minimum atomic E-state index is -0.530.